The summed E-state index contributed by atoms with van der Waals surface area (Å²) in [6.07, 6.45) is 0.0410. The second-order valence-corrected chi connectivity index (χ2v) is 15.7. The first-order valence-corrected chi connectivity index (χ1v) is 14.6. The second kappa shape index (κ2) is 11.0. The van der Waals surface area contributed by atoms with Gasteiger partial charge in [0, 0.05) is 24.4 Å². The molecule has 1 aliphatic rings. The first kappa shape index (κ1) is 26.4. The fourth-order valence-electron chi connectivity index (χ4n) is 5.23. The van der Waals surface area contributed by atoms with E-state index in [1.54, 1.807) is 7.11 Å². The fraction of sp³-hybridized carbons (Fsp3) is 0.593. The number of H-pyrrole nitrogens is 1. The second-order valence-electron chi connectivity index (χ2n) is 10.4. The van der Waals surface area contributed by atoms with Crippen LogP contribution in [0.4, 0.5) is 0 Å². The van der Waals surface area contributed by atoms with Crippen molar-refractivity contribution in [1.82, 2.24) is 4.98 Å². The van der Waals surface area contributed by atoms with Crippen LogP contribution >= 0.6 is 0 Å². The molecule has 2 heterocycles. The lowest BCUT2D eigenvalue weighted by molar-refractivity contribution is 0.0920. The molecular weight excluding hydrogens is 444 g/mol. The van der Waals surface area contributed by atoms with Crippen molar-refractivity contribution in [2.75, 3.05) is 20.3 Å². The van der Waals surface area contributed by atoms with Crippen molar-refractivity contribution in [3.63, 3.8) is 0 Å². The van der Waals surface area contributed by atoms with Crippen LogP contribution in [0.3, 0.4) is 0 Å². The van der Waals surface area contributed by atoms with Crippen molar-refractivity contribution in [2.24, 2.45) is 4.99 Å². The van der Waals surface area contributed by atoms with Gasteiger partial charge in [0.15, 0.2) is 0 Å². The predicted molar refractivity (Wildman–Crippen MR) is 142 cm³/mol. The fourth-order valence-corrected chi connectivity index (χ4v) is 10.5. The molecule has 2 atom stereocenters. The standard InChI is InChI=1S/C27H42N2O4Si/c1-17(2)34(18(3)4,19(5)6)33-24-13-22(12-23(14-24)31-21(8)16-30-9)25-10-11-26(29-25)27-28-15-20(7)32-27/h10-14,17-21,29H,15-16H2,1-9H3/t20-,21-/m0/s1. The van der Waals surface area contributed by atoms with Crippen molar-refractivity contribution in [2.45, 2.75) is 84.2 Å². The van der Waals surface area contributed by atoms with Crippen LogP contribution in [0, 0.1) is 0 Å². The number of hydrogen-bond acceptors (Lipinski definition) is 5. The Morgan fingerprint density at radius 1 is 0.971 bits per heavy atom. The largest absolute Gasteiger partial charge is 0.543 e. The van der Waals surface area contributed by atoms with Gasteiger partial charge >= 0.3 is 0 Å². The zero-order chi connectivity index (χ0) is 25.0. The lowest BCUT2D eigenvalue weighted by atomic mass is 10.1. The normalized spacial score (nSPS) is 17.3. The molecule has 1 aliphatic heterocycles. The summed E-state index contributed by atoms with van der Waals surface area (Å²) < 4.78 is 24.4. The highest BCUT2D eigenvalue weighted by Crippen LogP contribution is 2.44. The molecule has 6 nitrogen and oxygen atoms in total. The zero-order valence-corrected chi connectivity index (χ0v) is 23.3. The molecule has 0 aliphatic carbocycles. The quantitative estimate of drug-likeness (QED) is 0.354. The minimum atomic E-state index is -2.12. The smallest absolute Gasteiger partial charge is 0.258 e. The van der Waals surface area contributed by atoms with E-state index in [-0.39, 0.29) is 12.2 Å². The molecule has 0 fully saturated rings. The van der Waals surface area contributed by atoms with E-state index in [4.69, 9.17) is 18.6 Å². The number of methoxy groups -OCH3 is 1. The van der Waals surface area contributed by atoms with E-state index in [9.17, 15) is 0 Å². The van der Waals surface area contributed by atoms with Crippen molar-refractivity contribution in [3.8, 4) is 22.8 Å². The average Bonchev–Trinajstić information content (AvgIpc) is 3.40. The number of aromatic nitrogens is 1. The van der Waals surface area contributed by atoms with Crippen molar-refractivity contribution in [1.29, 1.82) is 0 Å². The molecule has 0 spiro atoms. The van der Waals surface area contributed by atoms with Crippen LogP contribution in [0.2, 0.25) is 16.6 Å². The number of benzene rings is 1. The van der Waals surface area contributed by atoms with Crippen LogP contribution in [0.5, 0.6) is 11.5 Å². The Labute approximate surface area is 206 Å². The number of aromatic amines is 1. The van der Waals surface area contributed by atoms with Crippen LogP contribution in [0.15, 0.2) is 35.3 Å². The first-order valence-electron chi connectivity index (χ1n) is 12.5. The molecule has 2 aromatic rings. The maximum atomic E-state index is 7.02. The number of ether oxygens (including phenoxy) is 3. The lowest BCUT2D eigenvalue weighted by Crippen LogP contribution is -2.50. The van der Waals surface area contributed by atoms with Crippen molar-refractivity contribution in [3.05, 3.63) is 36.0 Å². The third-order valence-electron chi connectivity index (χ3n) is 6.65. The molecule has 1 N–H and O–H groups in total. The minimum absolute atomic E-state index is 0.0719. The van der Waals surface area contributed by atoms with E-state index in [1.165, 1.54) is 0 Å². The minimum Gasteiger partial charge on any atom is -0.543 e. The van der Waals surface area contributed by atoms with Crippen molar-refractivity contribution >= 4 is 14.2 Å². The molecular formula is C27H42N2O4Si. The van der Waals surface area contributed by atoms with Crippen molar-refractivity contribution < 1.29 is 18.6 Å². The maximum Gasteiger partial charge on any atom is 0.258 e. The van der Waals surface area contributed by atoms with Gasteiger partial charge in [0.2, 0.25) is 5.90 Å². The van der Waals surface area contributed by atoms with E-state index in [0.717, 1.165) is 28.5 Å². The van der Waals surface area contributed by atoms with Gasteiger partial charge in [0.05, 0.1) is 13.2 Å². The zero-order valence-electron chi connectivity index (χ0n) is 22.3. The third kappa shape index (κ3) is 5.69. The average molecular weight is 487 g/mol. The van der Waals surface area contributed by atoms with Gasteiger partial charge in [-0.25, -0.2) is 4.99 Å². The topological polar surface area (TPSA) is 65.1 Å². The maximum absolute atomic E-state index is 7.02. The summed E-state index contributed by atoms with van der Waals surface area (Å²) in [6, 6.07) is 10.3. The predicted octanol–water partition coefficient (Wildman–Crippen LogP) is 6.82. The summed E-state index contributed by atoms with van der Waals surface area (Å²) in [6.45, 7) is 19.0. The Hall–Kier alpha value is -2.25. The number of nitrogens with one attached hydrogen (secondary N) is 1. The van der Waals surface area contributed by atoms with Gasteiger partial charge in [0.25, 0.3) is 8.32 Å². The van der Waals surface area contributed by atoms with Gasteiger partial charge in [-0.2, -0.15) is 0 Å². The van der Waals surface area contributed by atoms with E-state index < -0.39 is 8.32 Å². The summed E-state index contributed by atoms with van der Waals surface area (Å²) >= 11 is 0. The molecule has 7 heteroatoms. The lowest BCUT2D eigenvalue weighted by Gasteiger charge is -2.42. The molecule has 0 bridgehead atoms. The summed E-state index contributed by atoms with van der Waals surface area (Å²) in [4.78, 5) is 7.98. The van der Waals surface area contributed by atoms with Crippen LogP contribution < -0.4 is 9.16 Å². The van der Waals surface area contributed by atoms with E-state index in [0.29, 0.717) is 35.7 Å². The third-order valence-corrected chi connectivity index (χ3v) is 12.7. The Balaban J connectivity index is 2.01. The summed E-state index contributed by atoms with van der Waals surface area (Å²) in [5, 5.41) is 0. The molecule has 0 saturated carbocycles. The highest BCUT2D eigenvalue weighted by molar-refractivity contribution is 6.78. The molecule has 3 rings (SSSR count). The monoisotopic (exact) mass is 486 g/mol. The van der Waals surface area contributed by atoms with Crippen LogP contribution in [-0.4, -0.2) is 51.7 Å². The summed E-state index contributed by atoms with van der Waals surface area (Å²) in [5.41, 5.74) is 4.30. The molecule has 0 radical (unpaired) electrons. The molecule has 188 valence electrons. The number of rotatable bonds is 11. The van der Waals surface area contributed by atoms with Crippen LogP contribution in [0.1, 0.15) is 61.1 Å². The Morgan fingerprint density at radius 2 is 1.59 bits per heavy atom. The van der Waals surface area contributed by atoms with Gasteiger partial charge < -0.3 is 23.6 Å². The van der Waals surface area contributed by atoms with Gasteiger partial charge in [0.1, 0.15) is 29.4 Å². The molecule has 1 aromatic heterocycles. The van der Waals surface area contributed by atoms with Crippen LogP contribution in [0.25, 0.3) is 11.3 Å². The van der Waals surface area contributed by atoms with Gasteiger partial charge in [-0.3, -0.25) is 0 Å². The molecule has 34 heavy (non-hydrogen) atoms. The van der Waals surface area contributed by atoms with E-state index in [1.807, 2.05) is 26.0 Å². The number of aliphatic imine (C=N–C) groups is 1. The molecule has 0 amide bonds. The number of nitrogens with zero attached hydrogens (tertiary/aromatic N) is 1. The highest BCUT2D eigenvalue weighted by Gasteiger charge is 2.47. The highest BCUT2D eigenvalue weighted by atomic mass is 28.4. The Bertz CT molecular complexity index is 961. The SMILES string of the molecule is COC[C@H](C)Oc1cc(O[Si](C(C)C)(C(C)C)C(C)C)cc(-c2ccc(C3=NC[C@H](C)O3)[nH]2)c1. The van der Waals surface area contributed by atoms with Gasteiger partial charge in [-0.1, -0.05) is 41.5 Å². The van der Waals surface area contributed by atoms with Crippen LogP contribution in [-0.2, 0) is 9.47 Å². The number of hydrogen-bond donors (Lipinski definition) is 1. The van der Waals surface area contributed by atoms with E-state index >= 15 is 0 Å². The summed E-state index contributed by atoms with van der Waals surface area (Å²) in [7, 11) is -0.435. The molecule has 1 aromatic carbocycles. The van der Waals surface area contributed by atoms with Gasteiger partial charge in [-0.15, -0.1) is 0 Å². The summed E-state index contributed by atoms with van der Waals surface area (Å²) in [5.74, 6) is 2.30. The van der Waals surface area contributed by atoms with E-state index in [2.05, 4.69) is 69.7 Å². The Morgan fingerprint density at radius 3 is 2.15 bits per heavy atom. The molecule has 0 saturated heterocycles. The first-order chi connectivity index (χ1) is 16.1. The molecule has 0 unspecified atom stereocenters. The van der Waals surface area contributed by atoms with Gasteiger partial charge in [-0.05, 0) is 54.7 Å². The Kier molecular flexibility index (Phi) is 8.52.